The fourth-order valence-electron chi connectivity index (χ4n) is 2.94. The molecule has 2 unspecified atom stereocenters. The minimum atomic E-state index is -3.21. The van der Waals surface area contributed by atoms with Crippen LogP contribution in [0.2, 0.25) is 0 Å². The molecule has 0 aromatic heterocycles. The van der Waals surface area contributed by atoms with Crippen molar-refractivity contribution in [2.45, 2.75) is 32.2 Å². The van der Waals surface area contributed by atoms with Crippen LogP contribution < -0.4 is 10.0 Å². The Bertz CT molecular complexity index is 443. The van der Waals surface area contributed by atoms with Crippen molar-refractivity contribution in [3.63, 3.8) is 0 Å². The van der Waals surface area contributed by atoms with Gasteiger partial charge in [-0.05, 0) is 32.7 Å². The quantitative estimate of drug-likeness (QED) is 0.736. The predicted molar refractivity (Wildman–Crippen MR) is 73.2 cm³/mol. The van der Waals surface area contributed by atoms with Gasteiger partial charge in [-0.1, -0.05) is 0 Å². The van der Waals surface area contributed by atoms with E-state index in [1.807, 2.05) is 11.8 Å². The van der Waals surface area contributed by atoms with Crippen LogP contribution in [0.15, 0.2) is 0 Å². The largest absolute Gasteiger partial charge is 0.341 e. The summed E-state index contributed by atoms with van der Waals surface area (Å²) in [5.74, 6) is 0.150. The summed E-state index contributed by atoms with van der Waals surface area (Å²) >= 11 is 0. The number of likely N-dealkylation sites (tertiary alicyclic amines) is 1. The lowest BCUT2D eigenvalue weighted by Gasteiger charge is -2.37. The number of carbonyl (C=O) groups is 1. The molecule has 0 saturated carbocycles. The second-order valence-corrected chi connectivity index (χ2v) is 7.75. The van der Waals surface area contributed by atoms with Crippen LogP contribution in [0, 0.1) is 5.41 Å². The fourth-order valence-corrected chi connectivity index (χ4v) is 3.74. The third kappa shape index (κ3) is 3.67. The monoisotopic (exact) mass is 289 g/mol. The van der Waals surface area contributed by atoms with Gasteiger partial charge in [-0.3, -0.25) is 4.79 Å². The van der Waals surface area contributed by atoms with Crippen molar-refractivity contribution in [2.75, 3.05) is 32.4 Å². The van der Waals surface area contributed by atoms with Crippen LogP contribution >= 0.6 is 0 Å². The van der Waals surface area contributed by atoms with E-state index in [1.165, 1.54) is 0 Å². The Kier molecular flexibility index (Phi) is 4.17. The number of hydrogen-bond acceptors (Lipinski definition) is 4. The molecule has 0 aliphatic carbocycles. The third-order valence-corrected chi connectivity index (χ3v) is 4.74. The molecule has 19 heavy (non-hydrogen) atoms. The molecule has 2 rings (SSSR count). The number of amides is 1. The molecule has 7 heteroatoms. The molecule has 2 aliphatic heterocycles. The Morgan fingerprint density at radius 1 is 1.47 bits per heavy atom. The number of nitrogens with zero attached hydrogens (tertiary/aromatic N) is 1. The second kappa shape index (κ2) is 5.38. The summed E-state index contributed by atoms with van der Waals surface area (Å²) in [6.45, 7) is 4.80. The molecule has 0 aromatic rings. The molecule has 1 amide bonds. The Balaban J connectivity index is 1.99. The fraction of sp³-hybridized carbons (Fsp3) is 0.917. The Morgan fingerprint density at radius 2 is 2.21 bits per heavy atom. The predicted octanol–water partition coefficient (Wildman–Crippen LogP) is -0.474. The molecular weight excluding hydrogens is 266 g/mol. The lowest BCUT2D eigenvalue weighted by atomic mass is 9.87. The smallest absolute Gasteiger partial charge is 0.229 e. The molecule has 0 spiro atoms. The maximum Gasteiger partial charge on any atom is 0.229 e. The summed E-state index contributed by atoms with van der Waals surface area (Å²) in [5.41, 5.74) is -0.326. The highest BCUT2D eigenvalue weighted by atomic mass is 32.2. The number of rotatable bonds is 3. The maximum atomic E-state index is 12.5. The molecule has 2 fully saturated rings. The van der Waals surface area contributed by atoms with Crippen molar-refractivity contribution >= 4 is 15.9 Å². The molecule has 0 aromatic carbocycles. The Labute approximate surface area is 115 Å². The van der Waals surface area contributed by atoms with Crippen molar-refractivity contribution in [2.24, 2.45) is 5.41 Å². The number of sulfonamides is 1. The summed E-state index contributed by atoms with van der Waals surface area (Å²) in [6.07, 6.45) is 3.66. The standard InChI is InChI=1S/C12H23N3O3S/c1-12(5-6-13-9-12)11(16)15-7-3-4-10(8-15)14-19(2,17)18/h10,13-14H,3-9H2,1-2H3. The van der Waals surface area contributed by atoms with E-state index in [-0.39, 0.29) is 17.4 Å². The number of hydrogen-bond donors (Lipinski definition) is 2. The lowest BCUT2D eigenvalue weighted by molar-refractivity contribution is -0.141. The van der Waals surface area contributed by atoms with Crippen LogP contribution in [0.25, 0.3) is 0 Å². The molecule has 2 heterocycles. The average Bonchev–Trinajstić information content (AvgIpc) is 2.74. The van der Waals surface area contributed by atoms with Gasteiger partial charge < -0.3 is 10.2 Å². The molecule has 2 aliphatic rings. The number of carbonyl (C=O) groups excluding carboxylic acids is 1. The first-order valence-electron chi connectivity index (χ1n) is 6.78. The van der Waals surface area contributed by atoms with E-state index in [9.17, 15) is 13.2 Å². The molecule has 6 nitrogen and oxygen atoms in total. The normalized spacial score (nSPS) is 32.5. The summed E-state index contributed by atoms with van der Waals surface area (Å²) in [7, 11) is -3.21. The van der Waals surface area contributed by atoms with Gasteiger partial charge in [0, 0.05) is 25.7 Å². The molecule has 110 valence electrons. The zero-order valence-electron chi connectivity index (χ0n) is 11.6. The van der Waals surface area contributed by atoms with Gasteiger partial charge in [-0.2, -0.15) is 0 Å². The zero-order valence-corrected chi connectivity index (χ0v) is 12.4. The van der Waals surface area contributed by atoms with Crippen LogP contribution in [-0.2, 0) is 14.8 Å². The highest BCUT2D eigenvalue weighted by Gasteiger charge is 2.40. The van der Waals surface area contributed by atoms with Gasteiger partial charge in [0.1, 0.15) is 0 Å². The minimum Gasteiger partial charge on any atom is -0.341 e. The van der Waals surface area contributed by atoms with Gasteiger partial charge in [0.25, 0.3) is 0 Å². The van der Waals surface area contributed by atoms with E-state index in [1.54, 1.807) is 0 Å². The van der Waals surface area contributed by atoms with Crippen molar-refractivity contribution in [1.82, 2.24) is 14.9 Å². The van der Waals surface area contributed by atoms with Crippen molar-refractivity contribution in [3.05, 3.63) is 0 Å². The molecule has 2 atom stereocenters. The highest BCUT2D eigenvalue weighted by Crippen LogP contribution is 2.28. The molecule has 0 bridgehead atoms. The summed E-state index contributed by atoms with van der Waals surface area (Å²) in [4.78, 5) is 14.4. The topological polar surface area (TPSA) is 78.5 Å². The number of nitrogens with one attached hydrogen (secondary N) is 2. The van der Waals surface area contributed by atoms with Crippen LogP contribution in [0.1, 0.15) is 26.2 Å². The Morgan fingerprint density at radius 3 is 2.79 bits per heavy atom. The Hall–Kier alpha value is -0.660. The maximum absolute atomic E-state index is 12.5. The van der Waals surface area contributed by atoms with E-state index < -0.39 is 10.0 Å². The summed E-state index contributed by atoms with van der Waals surface area (Å²) < 4.78 is 25.2. The van der Waals surface area contributed by atoms with E-state index in [0.29, 0.717) is 13.1 Å². The molecule has 2 saturated heterocycles. The first-order chi connectivity index (χ1) is 8.80. The lowest BCUT2D eigenvalue weighted by Crippen LogP contribution is -2.53. The summed E-state index contributed by atoms with van der Waals surface area (Å²) in [6, 6.07) is -0.148. The first kappa shape index (κ1) is 14.7. The van der Waals surface area contributed by atoms with E-state index in [4.69, 9.17) is 0 Å². The van der Waals surface area contributed by atoms with Gasteiger partial charge in [-0.25, -0.2) is 13.1 Å². The SMILES string of the molecule is CC1(C(=O)N2CCCC(NS(C)(=O)=O)C2)CCNC1. The van der Waals surface area contributed by atoms with Gasteiger partial charge in [-0.15, -0.1) is 0 Å². The average molecular weight is 289 g/mol. The van der Waals surface area contributed by atoms with Gasteiger partial charge >= 0.3 is 0 Å². The van der Waals surface area contributed by atoms with Gasteiger partial charge in [0.05, 0.1) is 11.7 Å². The molecule has 0 radical (unpaired) electrons. The zero-order chi connectivity index (χ0) is 14.1. The van der Waals surface area contributed by atoms with E-state index in [0.717, 1.165) is 38.6 Å². The van der Waals surface area contributed by atoms with Gasteiger partial charge in [0.2, 0.25) is 15.9 Å². The van der Waals surface area contributed by atoms with Crippen molar-refractivity contribution < 1.29 is 13.2 Å². The third-order valence-electron chi connectivity index (χ3n) is 3.97. The van der Waals surface area contributed by atoms with Crippen molar-refractivity contribution in [3.8, 4) is 0 Å². The molecular formula is C12H23N3O3S. The van der Waals surface area contributed by atoms with Crippen LogP contribution in [0.5, 0.6) is 0 Å². The minimum absolute atomic E-state index is 0.148. The van der Waals surface area contributed by atoms with Crippen LogP contribution in [-0.4, -0.2) is 57.7 Å². The highest BCUT2D eigenvalue weighted by molar-refractivity contribution is 7.88. The number of piperidine rings is 1. The first-order valence-corrected chi connectivity index (χ1v) is 8.67. The van der Waals surface area contributed by atoms with Crippen LogP contribution in [0.4, 0.5) is 0 Å². The second-order valence-electron chi connectivity index (χ2n) is 5.97. The van der Waals surface area contributed by atoms with Crippen molar-refractivity contribution in [1.29, 1.82) is 0 Å². The van der Waals surface area contributed by atoms with E-state index in [2.05, 4.69) is 10.0 Å². The summed E-state index contributed by atoms with van der Waals surface area (Å²) in [5, 5.41) is 3.22. The van der Waals surface area contributed by atoms with Gasteiger partial charge in [0.15, 0.2) is 0 Å². The van der Waals surface area contributed by atoms with E-state index >= 15 is 0 Å². The van der Waals surface area contributed by atoms with Crippen LogP contribution in [0.3, 0.4) is 0 Å². The molecule has 2 N–H and O–H groups in total.